The van der Waals surface area contributed by atoms with Crippen molar-refractivity contribution in [2.24, 2.45) is 0 Å². The molecule has 13 heteroatoms. The molecule has 0 spiro atoms. The lowest BCUT2D eigenvalue weighted by atomic mass is 10.1. The molecule has 0 bridgehead atoms. The molecule has 10 nitrogen and oxygen atoms in total. The number of hydrogen-bond acceptors (Lipinski definition) is 10. The Morgan fingerprint density at radius 3 is 2.14 bits per heavy atom. The normalized spacial score (nSPS) is 15.0. The van der Waals surface area contributed by atoms with Crippen molar-refractivity contribution in [1.29, 1.82) is 0 Å². The lowest BCUT2D eigenvalue weighted by Crippen LogP contribution is -2.34. The van der Waals surface area contributed by atoms with Crippen molar-refractivity contribution in [3.63, 3.8) is 0 Å². The van der Waals surface area contributed by atoms with Crippen LogP contribution in [-0.2, 0) is 14.8 Å². The lowest BCUT2D eigenvalue weighted by Gasteiger charge is -2.20. The average molecular weight is 648 g/mol. The molecule has 3 heterocycles. The summed E-state index contributed by atoms with van der Waals surface area (Å²) in [6.45, 7) is 0.956. The summed E-state index contributed by atoms with van der Waals surface area (Å²) >= 11 is 2.70. The second kappa shape index (κ2) is 12.8. The van der Waals surface area contributed by atoms with E-state index < -0.39 is 10.0 Å². The van der Waals surface area contributed by atoms with E-state index >= 15 is 0 Å². The molecule has 2 aromatic heterocycles. The number of ether oxygens (including phenoxy) is 2. The largest absolute Gasteiger partial charge is 0.457 e. The number of amides is 1. The van der Waals surface area contributed by atoms with Gasteiger partial charge in [-0.2, -0.15) is 4.31 Å². The van der Waals surface area contributed by atoms with Crippen molar-refractivity contribution in [3.8, 4) is 34.0 Å². The second-order valence-electron chi connectivity index (χ2n) is 10.2. The fourth-order valence-corrected chi connectivity index (χ4v) is 7.20. The van der Waals surface area contributed by atoms with Gasteiger partial charge in [0.05, 0.1) is 22.4 Å². The number of nitrogens with one attached hydrogen (secondary N) is 1. The monoisotopic (exact) mass is 647 g/mol. The molecule has 226 valence electrons. The number of thiazole rings is 2. The number of aromatic nitrogens is 2. The number of nitrogen functional groups attached to an aromatic ring is 1. The molecule has 1 aliphatic heterocycles. The molecule has 1 aliphatic rings. The van der Waals surface area contributed by atoms with Crippen molar-refractivity contribution >= 4 is 48.9 Å². The lowest BCUT2D eigenvalue weighted by molar-refractivity contribution is 0.0979. The SMILES string of the molecule is CN(CC1CCCO1)S(=O)(=O)c1ccc(C(=O)Nc2nc(-c3ccc(Oc4ccc(-c5csc(N)n5)cc4)cc3)cs2)cc1. The number of rotatable bonds is 10. The van der Waals surface area contributed by atoms with Gasteiger partial charge in [-0.25, -0.2) is 18.4 Å². The maximum absolute atomic E-state index is 13.0. The highest BCUT2D eigenvalue weighted by Crippen LogP contribution is 2.30. The van der Waals surface area contributed by atoms with E-state index in [1.165, 1.54) is 51.2 Å². The van der Waals surface area contributed by atoms with Crippen LogP contribution in [0.4, 0.5) is 10.3 Å². The zero-order chi connectivity index (χ0) is 30.7. The third-order valence-electron chi connectivity index (χ3n) is 7.09. The van der Waals surface area contributed by atoms with Gasteiger partial charge in [-0.1, -0.05) is 0 Å². The summed E-state index contributed by atoms with van der Waals surface area (Å²) in [5.74, 6) is 0.988. The summed E-state index contributed by atoms with van der Waals surface area (Å²) in [6.07, 6.45) is 1.69. The average Bonchev–Trinajstić information content (AvgIpc) is 3.81. The Hall–Kier alpha value is -4.14. The van der Waals surface area contributed by atoms with Gasteiger partial charge < -0.3 is 15.2 Å². The van der Waals surface area contributed by atoms with E-state index in [4.69, 9.17) is 15.2 Å². The maximum atomic E-state index is 13.0. The summed E-state index contributed by atoms with van der Waals surface area (Å²) < 4.78 is 38.7. The first-order chi connectivity index (χ1) is 21.2. The number of benzene rings is 3. The number of sulfonamides is 1. The van der Waals surface area contributed by atoms with E-state index in [9.17, 15) is 13.2 Å². The molecule has 3 N–H and O–H groups in total. The predicted molar refractivity (Wildman–Crippen MR) is 173 cm³/mol. The number of nitrogens with two attached hydrogens (primary N) is 1. The van der Waals surface area contributed by atoms with E-state index in [0.717, 1.165) is 29.7 Å². The van der Waals surface area contributed by atoms with E-state index in [1.807, 2.05) is 59.3 Å². The molecule has 0 radical (unpaired) electrons. The Morgan fingerprint density at radius 1 is 0.955 bits per heavy atom. The standard InChI is InChI=1S/C31H29N5O5S3/c1-36(17-25-3-2-16-40-25)44(38,39)26-14-8-22(9-15-26)29(37)35-31-34-28(19-43-31)21-6-12-24(13-7-21)41-23-10-4-20(5-11-23)27-18-42-30(32)33-27/h4-15,18-19,25H,2-3,16-17H2,1H3,(H2,32,33)(H,34,35,37). The Balaban J connectivity index is 1.05. The highest BCUT2D eigenvalue weighted by Gasteiger charge is 2.26. The number of carbonyl (C=O) groups is 1. The molecule has 1 unspecified atom stereocenters. The summed E-state index contributed by atoms with van der Waals surface area (Å²) in [7, 11) is -2.15. The van der Waals surface area contributed by atoms with Crippen LogP contribution in [0, 0.1) is 0 Å². The quantitative estimate of drug-likeness (QED) is 0.179. The van der Waals surface area contributed by atoms with Gasteiger partial charge in [-0.3, -0.25) is 10.1 Å². The molecular weight excluding hydrogens is 619 g/mol. The number of hydrogen-bond donors (Lipinski definition) is 2. The van der Waals surface area contributed by atoms with Gasteiger partial charge in [0, 0.05) is 47.6 Å². The smallest absolute Gasteiger partial charge is 0.257 e. The predicted octanol–water partition coefficient (Wildman–Crippen LogP) is 6.36. The van der Waals surface area contributed by atoms with Gasteiger partial charge in [0.15, 0.2) is 10.3 Å². The Labute approximate surface area is 263 Å². The maximum Gasteiger partial charge on any atom is 0.257 e. The highest BCUT2D eigenvalue weighted by molar-refractivity contribution is 7.89. The van der Waals surface area contributed by atoms with Crippen LogP contribution in [0.1, 0.15) is 23.2 Å². The van der Waals surface area contributed by atoms with Crippen LogP contribution < -0.4 is 15.8 Å². The first kappa shape index (κ1) is 29.9. The van der Waals surface area contributed by atoms with Gasteiger partial charge in [0.2, 0.25) is 10.0 Å². The van der Waals surface area contributed by atoms with Crippen molar-refractivity contribution in [3.05, 3.63) is 89.1 Å². The Kier molecular flexibility index (Phi) is 8.73. The molecule has 3 aromatic carbocycles. The van der Waals surface area contributed by atoms with Crippen molar-refractivity contribution in [2.75, 3.05) is 31.2 Å². The number of anilines is 2. The zero-order valence-corrected chi connectivity index (χ0v) is 26.1. The minimum atomic E-state index is -3.69. The van der Waals surface area contributed by atoms with Gasteiger partial charge >= 0.3 is 0 Å². The molecule has 0 aliphatic carbocycles. The molecular formula is C31H29N5O5S3. The molecule has 0 saturated carbocycles. The van der Waals surface area contributed by atoms with Crippen molar-refractivity contribution in [2.45, 2.75) is 23.8 Å². The van der Waals surface area contributed by atoms with Gasteiger partial charge in [0.1, 0.15) is 11.5 Å². The van der Waals surface area contributed by atoms with Crippen LogP contribution >= 0.6 is 22.7 Å². The third kappa shape index (κ3) is 6.82. The van der Waals surface area contributed by atoms with Gasteiger partial charge in [0.25, 0.3) is 5.91 Å². The van der Waals surface area contributed by atoms with Crippen molar-refractivity contribution in [1.82, 2.24) is 14.3 Å². The number of carbonyl (C=O) groups excluding carboxylic acids is 1. The second-order valence-corrected chi connectivity index (χ2v) is 14.0. The van der Waals surface area contributed by atoms with Gasteiger partial charge in [-0.15, -0.1) is 22.7 Å². The summed E-state index contributed by atoms with van der Waals surface area (Å²) in [5.41, 5.74) is 9.43. The van der Waals surface area contributed by atoms with Crippen LogP contribution in [0.5, 0.6) is 11.5 Å². The zero-order valence-electron chi connectivity index (χ0n) is 23.7. The fourth-order valence-electron chi connectivity index (χ4n) is 4.71. The molecule has 1 atom stereocenters. The first-order valence-corrected chi connectivity index (χ1v) is 17.0. The molecule has 1 fully saturated rings. The molecule has 44 heavy (non-hydrogen) atoms. The fraction of sp³-hybridized carbons (Fsp3) is 0.194. The van der Waals surface area contributed by atoms with E-state index in [-0.39, 0.29) is 16.9 Å². The van der Waals surface area contributed by atoms with Crippen LogP contribution in [-0.4, -0.2) is 54.9 Å². The highest BCUT2D eigenvalue weighted by atomic mass is 32.2. The van der Waals surface area contributed by atoms with Gasteiger partial charge in [-0.05, 0) is 85.6 Å². The molecule has 1 amide bonds. The molecule has 6 rings (SSSR count). The van der Waals surface area contributed by atoms with E-state index in [2.05, 4.69) is 15.3 Å². The van der Waals surface area contributed by atoms with Crippen LogP contribution in [0.2, 0.25) is 0 Å². The Morgan fingerprint density at radius 2 is 1.57 bits per heavy atom. The first-order valence-electron chi connectivity index (χ1n) is 13.8. The van der Waals surface area contributed by atoms with Crippen LogP contribution in [0.25, 0.3) is 22.5 Å². The number of nitrogens with zero attached hydrogens (tertiary/aromatic N) is 3. The van der Waals surface area contributed by atoms with Crippen LogP contribution in [0.15, 0.2) is 88.5 Å². The minimum Gasteiger partial charge on any atom is -0.457 e. The number of likely N-dealkylation sites (N-methyl/N-ethyl adjacent to an activating group) is 1. The topological polar surface area (TPSA) is 137 Å². The van der Waals surface area contributed by atoms with Crippen molar-refractivity contribution < 1.29 is 22.7 Å². The molecule has 1 saturated heterocycles. The summed E-state index contributed by atoms with van der Waals surface area (Å²) in [4.78, 5) is 21.8. The summed E-state index contributed by atoms with van der Waals surface area (Å²) in [5, 5.41) is 7.53. The third-order valence-corrected chi connectivity index (χ3v) is 10.4. The minimum absolute atomic E-state index is 0.0893. The summed E-state index contributed by atoms with van der Waals surface area (Å²) in [6, 6.07) is 21.0. The van der Waals surface area contributed by atoms with E-state index in [0.29, 0.717) is 46.2 Å². The van der Waals surface area contributed by atoms with E-state index in [1.54, 1.807) is 7.05 Å². The Bertz CT molecular complexity index is 1850. The van der Waals surface area contributed by atoms with Crippen LogP contribution in [0.3, 0.4) is 0 Å². The molecule has 5 aromatic rings.